The predicted octanol–water partition coefficient (Wildman–Crippen LogP) is 2.14. The monoisotopic (exact) mass is 273 g/mol. The van der Waals surface area contributed by atoms with Gasteiger partial charge in [0.25, 0.3) is 5.91 Å². The van der Waals surface area contributed by atoms with Gasteiger partial charge in [-0.2, -0.15) is 0 Å². The van der Waals surface area contributed by atoms with Gasteiger partial charge in [-0.1, -0.05) is 0 Å². The highest BCUT2D eigenvalue weighted by Crippen LogP contribution is 2.31. The Hall–Kier alpha value is -2.96. The molecule has 0 bridgehead atoms. The van der Waals surface area contributed by atoms with Gasteiger partial charge < -0.3 is 10.1 Å². The minimum absolute atomic E-state index is 0.0515. The molecule has 0 atom stereocenters. The molecule has 0 aliphatic carbocycles. The fourth-order valence-electron chi connectivity index (χ4n) is 1.57. The molecule has 0 unspecified atom stereocenters. The van der Waals surface area contributed by atoms with Crippen molar-refractivity contribution in [2.24, 2.45) is 0 Å². The Kier molecular flexibility index (Phi) is 3.90. The van der Waals surface area contributed by atoms with Gasteiger partial charge >= 0.3 is 5.69 Å². The van der Waals surface area contributed by atoms with Crippen molar-refractivity contribution in [1.29, 1.82) is 0 Å². The minimum Gasteiger partial charge on any atom is -0.449 e. The van der Waals surface area contributed by atoms with E-state index in [1.807, 2.05) is 0 Å². The minimum atomic E-state index is -0.599. The molecule has 0 radical (unpaired) electrons. The Balaban J connectivity index is 2.38. The van der Waals surface area contributed by atoms with Crippen LogP contribution >= 0.6 is 0 Å². The van der Waals surface area contributed by atoms with Gasteiger partial charge in [-0.25, -0.2) is 0 Å². The lowest BCUT2D eigenvalue weighted by Crippen LogP contribution is -2.17. The normalized spacial score (nSPS) is 9.85. The molecule has 2 rings (SSSR count). The van der Waals surface area contributed by atoms with Gasteiger partial charge in [0.1, 0.15) is 5.75 Å². The first-order valence-corrected chi connectivity index (χ1v) is 5.70. The van der Waals surface area contributed by atoms with Crippen LogP contribution in [0.5, 0.6) is 11.5 Å². The van der Waals surface area contributed by atoms with E-state index in [0.717, 1.165) is 0 Å². The smallest absolute Gasteiger partial charge is 0.312 e. The van der Waals surface area contributed by atoms with Crippen molar-refractivity contribution < 1.29 is 14.5 Å². The number of nitro groups is 1. The maximum absolute atomic E-state index is 11.5. The lowest BCUT2D eigenvalue weighted by atomic mass is 10.1. The van der Waals surface area contributed by atoms with Crippen LogP contribution in [-0.2, 0) is 0 Å². The Bertz CT molecular complexity index is 643. The van der Waals surface area contributed by atoms with Gasteiger partial charge in [-0.05, 0) is 24.3 Å². The van der Waals surface area contributed by atoms with Crippen LogP contribution in [0.2, 0.25) is 0 Å². The Morgan fingerprint density at radius 1 is 1.40 bits per heavy atom. The van der Waals surface area contributed by atoms with Crippen LogP contribution in [0.15, 0.2) is 42.7 Å². The third-order valence-electron chi connectivity index (χ3n) is 2.51. The third-order valence-corrected chi connectivity index (χ3v) is 2.51. The van der Waals surface area contributed by atoms with Gasteiger partial charge in [-0.3, -0.25) is 19.9 Å². The average Bonchev–Trinajstić information content (AvgIpc) is 2.47. The molecule has 0 fully saturated rings. The molecule has 20 heavy (non-hydrogen) atoms. The number of nitro benzene ring substituents is 1. The van der Waals surface area contributed by atoms with Gasteiger partial charge in [0.15, 0.2) is 0 Å². The molecule has 2 aromatic rings. The maximum atomic E-state index is 11.5. The van der Waals surface area contributed by atoms with Gasteiger partial charge in [0, 0.05) is 24.9 Å². The number of benzene rings is 1. The Morgan fingerprint density at radius 2 is 2.20 bits per heavy atom. The number of ether oxygens (including phenoxy) is 1. The summed E-state index contributed by atoms with van der Waals surface area (Å²) >= 11 is 0. The largest absolute Gasteiger partial charge is 0.449 e. The van der Waals surface area contributed by atoms with Gasteiger partial charge in [0.05, 0.1) is 11.1 Å². The number of carbonyl (C=O) groups excluding carboxylic acids is 1. The van der Waals surface area contributed by atoms with Crippen molar-refractivity contribution in [3.8, 4) is 11.5 Å². The molecular weight excluding hydrogens is 262 g/mol. The van der Waals surface area contributed by atoms with Crippen LogP contribution in [0.3, 0.4) is 0 Å². The highest BCUT2D eigenvalue weighted by atomic mass is 16.6. The molecule has 0 aliphatic rings. The molecule has 1 aromatic carbocycles. The SMILES string of the molecule is CNC(=O)c1ccc(Oc2cccnc2)c([N+](=O)[O-])c1. The molecular formula is C13H11N3O4. The number of nitrogens with one attached hydrogen (secondary N) is 1. The molecule has 1 heterocycles. The standard InChI is InChI=1S/C13H11N3O4/c1-14-13(17)9-4-5-12(11(7-9)16(18)19)20-10-3-2-6-15-8-10/h2-8H,1H3,(H,14,17). The second-order valence-corrected chi connectivity index (χ2v) is 3.81. The van der Waals surface area contributed by atoms with E-state index in [4.69, 9.17) is 4.74 Å². The summed E-state index contributed by atoms with van der Waals surface area (Å²) in [6.07, 6.45) is 3.01. The number of hydrogen-bond donors (Lipinski definition) is 1. The second-order valence-electron chi connectivity index (χ2n) is 3.81. The predicted molar refractivity (Wildman–Crippen MR) is 70.8 cm³/mol. The van der Waals surface area contributed by atoms with E-state index in [9.17, 15) is 14.9 Å². The number of amides is 1. The van der Waals surface area contributed by atoms with Crippen LogP contribution in [0.1, 0.15) is 10.4 Å². The lowest BCUT2D eigenvalue weighted by molar-refractivity contribution is -0.385. The second kappa shape index (κ2) is 5.79. The van der Waals surface area contributed by atoms with E-state index in [1.54, 1.807) is 18.3 Å². The number of pyridine rings is 1. The summed E-state index contributed by atoms with van der Waals surface area (Å²) in [5, 5.41) is 13.5. The first-order valence-electron chi connectivity index (χ1n) is 5.70. The summed E-state index contributed by atoms with van der Waals surface area (Å²) in [5.74, 6) is 0.0278. The summed E-state index contributed by atoms with van der Waals surface area (Å²) in [6, 6.07) is 7.29. The summed E-state index contributed by atoms with van der Waals surface area (Å²) in [5.41, 5.74) is -0.0901. The number of nitrogens with zero attached hydrogens (tertiary/aromatic N) is 2. The highest BCUT2D eigenvalue weighted by Gasteiger charge is 2.19. The van der Waals surface area contributed by atoms with Crippen LogP contribution in [0.4, 0.5) is 5.69 Å². The molecule has 0 spiro atoms. The molecule has 1 amide bonds. The van der Waals surface area contributed by atoms with E-state index in [2.05, 4.69) is 10.3 Å². The molecule has 7 nitrogen and oxygen atoms in total. The molecule has 0 aliphatic heterocycles. The van der Waals surface area contributed by atoms with Crippen molar-refractivity contribution in [1.82, 2.24) is 10.3 Å². The first kappa shape index (κ1) is 13.5. The molecule has 0 saturated carbocycles. The highest BCUT2D eigenvalue weighted by molar-refractivity contribution is 5.95. The van der Waals surface area contributed by atoms with Crippen molar-refractivity contribution in [2.75, 3.05) is 7.05 Å². The maximum Gasteiger partial charge on any atom is 0.312 e. The zero-order valence-corrected chi connectivity index (χ0v) is 10.6. The number of hydrogen-bond acceptors (Lipinski definition) is 5. The van der Waals surface area contributed by atoms with E-state index < -0.39 is 10.8 Å². The third kappa shape index (κ3) is 2.89. The van der Waals surface area contributed by atoms with Crippen LogP contribution < -0.4 is 10.1 Å². The van der Waals surface area contributed by atoms with E-state index in [-0.39, 0.29) is 17.0 Å². The average molecular weight is 273 g/mol. The number of aromatic nitrogens is 1. The zero-order chi connectivity index (χ0) is 14.5. The molecule has 1 N–H and O–H groups in total. The van der Waals surface area contributed by atoms with Crippen LogP contribution in [0, 0.1) is 10.1 Å². The van der Waals surface area contributed by atoms with Crippen LogP contribution in [-0.4, -0.2) is 22.9 Å². The topological polar surface area (TPSA) is 94.4 Å². The first-order chi connectivity index (χ1) is 9.61. The number of rotatable bonds is 4. The van der Waals surface area contributed by atoms with Crippen molar-refractivity contribution in [2.45, 2.75) is 0 Å². The van der Waals surface area contributed by atoms with E-state index >= 15 is 0 Å². The summed E-state index contributed by atoms with van der Waals surface area (Å²) < 4.78 is 5.40. The summed E-state index contributed by atoms with van der Waals surface area (Å²) in [7, 11) is 1.45. The fraction of sp³-hybridized carbons (Fsp3) is 0.0769. The van der Waals surface area contributed by atoms with Gasteiger partial charge in [0.2, 0.25) is 5.75 Å². The Labute approximate surface area is 114 Å². The fourth-order valence-corrected chi connectivity index (χ4v) is 1.57. The van der Waals surface area contributed by atoms with Crippen LogP contribution in [0.25, 0.3) is 0 Å². The van der Waals surface area contributed by atoms with E-state index in [1.165, 1.54) is 31.4 Å². The molecule has 1 aromatic heterocycles. The molecule has 102 valence electrons. The lowest BCUT2D eigenvalue weighted by Gasteiger charge is -2.07. The molecule has 0 saturated heterocycles. The van der Waals surface area contributed by atoms with E-state index in [0.29, 0.717) is 5.75 Å². The Morgan fingerprint density at radius 3 is 2.80 bits per heavy atom. The van der Waals surface area contributed by atoms with Crippen molar-refractivity contribution in [3.63, 3.8) is 0 Å². The zero-order valence-electron chi connectivity index (χ0n) is 10.6. The number of carbonyl (C=O) groups is 1. The van der Waals surface area contributed by atoms with Crippen molar-refractivity contribution >= 4 is 11.6 Å². The summed E-state index contributed by atoms with van der Waals surface area (Å²) in [6.45, 7) is 0. The molecule has 7 heteroatoms. The quantitative estimate of drug-likeness (QED) is 0.680. The van der Waals surface area contributed by atoms with Crippen molar-refractivity contribution in [3.05, 3.63) is 58.4 Å². The van der Waals surface area contributed by atoms with Gasteiger partial charge in [-0.15, -0.1) is 0 Å². The summed E-state index contributed by atoms with van der Waals surface area (Å²) in [4.78, 5) is 25.8.